The monoisotopic (exact) mass is 484 g/mol. The van der Waals surface area contributed by atoms with E-state index in [2.05, 4.69) is 15.1 Å². The highest BCUT2D eigenvalue weighted by molar-refractivity contribution is 5.94. The highest BCUT2D eigenvalue weighted by Gasteiger charge is 2.39. The van der Waals surface area contributed by atoms with Crippen LogP contribution in [0.15, 0.2) is 12.1 Å². The number of amides is 1. The number of nitrogens with one attached hydrogen (secondary N) is 1. The number of piperidine rings is 1. The molecule has 2 fully saturated rings. The molecule has 1 amide bonds. The van der Waals surface area contributed by atoms with Gasteiger partial charge in [0.25, 0.3) is 5.91 Å². The maximum atomic E-state index is 13.9. The van der Waals surface area contributed by atoms with Gasteiger partial charge in [0.1, 0.15) is 0 Å². The number of nitrogens with zero attached hydrogens (tertiary/aromatic N) is 3. The predicted molar refractivity (Wildman–Crippen MR) is 111 cm³/mol. The maximum absolute atomic E-state index is 13.9. The second-order valence-corrected chi connectivity index (χ2v) is 9.27. The molecule has 4 heterocycles. The number of aromatic amines is 1. The van der Waals surface area contributed by atoms with Crippen LogP contribution in [0.2, 0.25) is 0 Å². The molecule has 0 spiro atoms. The number of fused-ring (bicyclic) bond motifs is 1. The Morgan fingerprint density at radius 2 is 1.88 bits per heavy atom. The number of alkyl halides is 3. The SMILES string of the molecule is O=C(c1n[nH]c2c1CCN(C1COC1)C2)N1CCC(Cc2ccc(F)c(F)c2C(F)(F)F)CC1. The zero-order chi connectivity index (χ0) is 24.0. The summed E-state index contributed by atoms with van der Waals surface area (Å²) in [5.74, 6) is -3.71. The summed E-state index contributed by atoms with van der Waals surface area (Å²) in [6.45, 7) is 3.72. The normalized spacial score (nSPS) is 20.3. The number of likely N-dealkylation sites (tertiary alicyclic amines) is 1. The van der Waals surface area contributed by atoms with Gasteiger partial charge in [-0.15, -0.1) is 0 Å². The number of hydrogen-bond acceptors (Lipinski definition) is 4. The molecule has 3 aliphatic rings. The summed E-state index contributed by atoms with van der Waals surface area (Å²) in [6.07, 6.45) is -3.32. The number of ether oxygens (including phenoxy) is 1. The highest BCUT2D eigenvalue weighted by Crippen LogP contribution is 2.37. The minimum absolute atomic E-state index is 0.0212. The summed E-state index contributed by atoms with van der Waals surface area (Å²) in [7, 11) is 0. The number of hydrogen-bond donors (Lipinski definition) is 1. The molecule has 1 aromatic heterocycles. The molecule has 1 N–H and O–H groups in total. The Balaban J connectivity index is 1.22. The van der Waals surface area contributed by atoms with E-state index in [0.29, 0.717) is 44.2 Å². The first-order valence-corrected chi connectivity index (χ1v) is 11.4. The van der Waals surface area contributed by atoms with E-state index in [1.54, 1.807) is 4.90 Å². The van der Waals surface area contributed by atoms with Gasteiger partial charge in [-0.3, -0.25) is 14.8 Å². The van der Waals surface area contributed by atoms with Gasteiger partial charge in [0.05, 0.1) is 30.5 Å². The third kappa shape index (κ3) is 4.31. The van der Waals surface area contributed by atoms with Crippen LogP contribution in [0.4, 0.5) is 22.0 Å². The molecule has 5 rings (SSSR count). The van der Waals surface area contributed by atoms with E-state index >= 15 is 0 Å². The van der Waals surface area contributed by atoms with Crippen LogP contribution < -0.4 is 0 Å². The van der Waals surface area contributed by atoms with E-state index < -0.39 is 23.4 Å². The lowest BCUT2D eigenvalue weighted by Crippen LogP contribution is -2.50. The molecule has 0 atom stereocenters. The number of H-pyrrole nitrogens is 1. The molecule has 0 saturated carbocycles. The van der Waals surface area contributed by atoms with Crippen molar-refractivity contribution >= 4 is 5.91 Å². The van der Waals surface area contributed by atoms with E-state index in [4.69, 9.17) is 4.74 Å². The lowest BCUT2D eigenvalue weighted by atomic mass is 9.88. The van der Waals surface area contributed by atoms with Crippen molar-refractivity contribution in [2.45, 2.75) is 44.4 Å². The van der Waals surface area contributed by atoms with Crippen LogP contribution in [0.25, 0.3) is 0 Å². The lowest BCUT2D eigenvalue weighted by Gasteiger charge is -2.39. The Hall–Kier alpha value is -2.53. The Morgan fingerprint density at radius 3 is 2.53 bits per heavy atom. The molecule has 2 aromatic rings. The van der Waals surface area contributed by atoms with Gasteiger partial charge < -0.3 is 9.64 Å². The number of carbonyl (C=O) groups excluding carboxylic acids is 1. The molecule has 1 aromatic carbocycles. The molecule has 184 valence electrons. The van der Waals surface area contributed by atoms with E-state index in [0.717, 1.165) is 49.6 Å². The topological polar surface area (TPSA) is 61.5 Å². The molecule has 3 aliphatic heterocycles. The van der Waals surface area contributed by atoms with Crippen molar-refractivity contribution in [3.63, 3.8) is 0 Å². The lowest BCUT2D eigenvalue weighted by molar-refractivity contribution is -0.141. The van der Waals surface area contributed by atoms with Crippen LogP contribution >= 0.6 is 0 Å². The van der Waals surface area contributed by atoms with Crippen LogP contribution in [0.5, 0.6) is 0 Å². The van der Waals surface area contributed by atoms with Crippen LogP contribution in [0.3, 0.4) is 0 Å². The zero-order valence-corrected chi connectivity index (χ0v) is 18.4. The summed E-state index contributed by atoms with van der Waals surface area (Å²) in [5.41, 5.74) is 0.503. The summed E-state index contributed by atoms with van der Waals surface area (Å²) in [6, 6.07) is 2.15. The van der Waals surface area contributed by atoms with Crippen molar-refractivity contribution in [3.8, 4) is 0 Å². The Morgan fingerprint density at radius 1 is 1.15 bits per heavy atom. The number of rotatable bonds is 4. The first kappa shape index (κ1) is 23.2. The second kappa shape index (κ2) is 8.92. The van der Waals surface area contributed by atoms with E-state index in [-0.39, 0.29) is 23.8 Å². The van der Waals surface area contributed by atoms with Gasteiger partial charge in [-0.2, -0.15) is 18.3 Å². The Labute approximate surface area is 193 Å². The zero-order valence-electron chi connectivity index (χ0n) is 18.4. The van der Waals surface area contributed by atoms with Gasteiger partial charge >= 0.3 is 6.18 Å². The second-order valence-electron chi connectivity index (χ2n) is 9.27. The Kier molecular flexibility index (Phi) is 6.09. The summed E-state index contributed by atoms with van der Waals surface area (Å²) < 4.78 is 72.5. The highest BCUT2D eigenvalue weighted by atomic mass is 19.4. The number of benzene rings is 1. The summed E-state index contributed by atoms with van der Waals surface area (Å²) in [5, 5.41) is 7.28. The third-order valence-corrected chi connectivity index (χ3v) is 7.18. The molecule has 2 saturated heterocycles. The van der Waals surface area contributed by atoms with Gasteiger partial charge in [-0.25, -0.2) is 8.78 Å². The molecule has 0 radical (unpaired) electrons. The van der Waals surface area contributed by atoms with Crippen molar-refractivity contribution < 1.29 is 31.5 Å². The average Bonchev–Trinajstić information content (AvgIpc) is 3.17. The van der Waals surface area contributed by atoms with Crippen molar-refractivity contribution in [2.24, 2.45) is 5.92 Å². The van der Waals surface area contributed by atoms with Crippen LogP contribution in [0.1, 0.15) is 45.7 Å². The number of carbonyl (C=O) groups is 1. The minimum Gasteiger partial charge on any atom is -0.378 e. The quantitative estimate of drug-likeness (QED) is 0.675. The molecule has 6 nitrogen and oxygen atoms in total. The van der Waals surface area contributed by atoms with E-state index in [1.807, 2.05) is 0 Å². The van der Waals surface area contributed by atoms with Gasteiger partial charge in [-0.1, -0.05) is 6.07 Å². The average molecular weight is 484 g/mol. The summed E-state index contributed by atoms with van der Waals surface area (Å²) in [4.78, 5) is 17.1. The van der Waals surface area contributed by atoms with Gasteiger partial charge in [0.15, 0.2) is 17.3 Å². The minimum atomic E-state index is -4.97. The van der Waals surface area contributed by atoms with Gasteiger partial charge in [0, 0.05) is 31.7 Å². The first-order valence-electron chi connectivity index (χ1n) is 11.4. The standard InChI is InChI=1S/C23H25F5N4O2/c24-17-2-1-14(19(20(17)25)23(26,27)28)9-13-3-6-31(7-4-13)22(33)21-16-5-8-32(15-11-34-12-15)10-18(16)29-30-21/h1-2,13,15H,3-12H2,(H,29,30). The number of halogens is 5. The summed E-state index contributed by atoms with van der Waals surface area (Å²) >= 11 is 0. The van der Waals surface area contributed by atoms with Crippen molar-refractivity contribution in [1.82, 2.24) is 20.0 Å². The van der Waals surface area contributed by atoms with Crippen LogP contribution in [-0.4, -0.2) is 64.8 Å². The molecule has 0 bridgehead atoms. The smallest absolute Gasteiger partial charge is 0.378 e. The largest absolute Gasteiger partial charge is 0.419 e. The predicted octanol–water partition coefficient (Wildman–Crippen LogP) is 3.56. The Bertz CT molecular complexity index is 1070. The van der Waals surface area contributed by atoms with Crippen LogP contribution in [0, 0.1) is 17.6 Å². The fourth-order valence-corrected chi connectivity index (χ4v) is 5.13. The molecule has 0 aliphatic carbocycles. The van der Waals surface area contributed by atoms with Crippen LogP contribution in [-0.2, 0) is 30.3 Å². The van der Waals surface area contributed by atoms with E-state index in [9.17, 15) is 26.7 Å². The molecular weight excluding hydrogens is 459 g/mol. The van der Waals surface area contributed by atoms with Crippen molar-refractivity contribution in [3.05, 3.63) is 51.8 Å². The first-order chi connectivity index (χ1) is 16.2. The maximum Gasteiger partial charge on any atom is 0.419 e. The fourth-order valence-electron chi connectivity index (χ4n) is 5.13. The van der Waals surface area contributed by atoms with Gasteiger partial charge in [-0.05, 0) is 43.2 Å². The number of aromatic nitrogens is 2. The van der Waals surface area contributed by atoms with E-state index in [1.165, 1.54) is 0 Å². The molecule has 11 heteroatoms. The molecule has 34 heavy (non-hydrogen) atoms. The van der Waals surface area contributed by atoms with Crippen molar-refractivity contribution in [2.75, 3.05) is 32.8 Å². The van der Waals surface area contributed by atoms with Gasteiger partial charge in [0.2, 0.25) is 0 Å². The molecule has 0 unspecified atom stereocenters. The molecular formula is C23H25F5N4O2. The fraction of sp³-hybridized carbons (Fsp3) is 0.565. The third-order valence-electron chi connectivity index (χ3n) is 7.18. The van der Waals surface area contributed by atoms with Crippen molar-refractivity contribution in [1.29, 1.82) is 0 Å².